The minimum atomic E-state index is -0.671. The lowest BCUT2D eigenvalue weighted by Gasteiger charge is -1.96. The lowest BCUT2D eigenvalue weighted by Crippen LogP contribution is -1.97. The van der Waals surface area contributed by atoms with Crippen molar-refractivity contribution in [1.29, 1.82) is 0 Å². The number of rotatable bonds is 3. The van der Waals surface area contributed by atoms with Crippen LogP contribution in [0.2, 0.25) is 5.02 Å². The zero-order valence-corrected chi connectivity index (χ0v) is 9.32. The van der Waals surface area contributed by atoms with Crippen molar-refractivity contribution in [3.63, 3.8) is 0 Å². The van der Waals surface area contributed by atoms with Crippen LogP contribution in [0.15, 0.2) is 0 Å². The van der Waals surface area contributed by atoms with E-state index in [0.717, 1.165) is 11.3 Å². The maximum Gasteiger partial charge on any atom is 0.352 e. The highest BCUT2D eigenvalue weighted by Crippen LogP contribution is 2.44. The van der Waals surface area contributed by atoms with Gasteiger partial charge in [0.1, 0.15) is 11.6 Å². The van der Waals surface area contributed by atoms with Gasteiger partial charge in [0.2, 0.25) is 0 Å². The number of aromatic hydroxyl groups is 1. The summed E-state index contributed by atoms with van der Waals surface area (Å²) in [6, 6.07) is 0. The Bertz CT molecular complexity index is 418. The number of methoxy groups -OCH3 is 1. The largest absolute Gasteiger partial charge is 0.505 e. The van der Waals surface area contributed by atoms with E-state index in [4.69, 9.17) is 22.8 Å². The molecule has 1 aromatic heterocycles. The molecule has 6 heteroatoms. The number of thiophene rings is 1. The summed E-state index contributed by atoms with van der Waals surface area (Å²) < 4.78 is 9.47. The van der Waals surface area contributed by atoms with Crippen molar-refractivity contribution in [2.75, 3.05) is 13.7 Å². The first kappa shape index (κ1) is 11.7. The molecule has 0 bridgehead atoms. The van der Waals surface area contributed by atoms with Gasteiger partial charge in [0.15, 0.2) is 15.7 Å². The molecule has 0 unspecified atom stereocenters. The number of hydrogen-bond acceptors (Lipinski definition) is 5. The summed E-state index contributed by atoms with van der Waals surface area (Å²) in [7, 11) is 1.21. The van der Waals surface area contributed by atoms with Gasteiger partial charge in [0, 0.05) is 0 Å². The van der Waals surface area contributed by atoms with Crippen LogP contribution in [0.4, 0.5) is 0 Å². The lowest BCUT2D eigenvalue weighted by atomic mass is 10.4. The number of ether oxygens (including phenoxy) is 2. The van der Waals surface area contributed by atoms with Crippen molar-refractivity contribution < 1.29 is 19.4 Å². The minimum Gasteiger partial charge on any atom is -0.505 e. The Hall–Kier alpha value is -1.38. The van der Waals surface area contributed by atoms with E-state index in [1.54, 1.807) is 0 Å². The van der Waals surface area contributed by atoms with Gasteiger partial charge in [-0.05, 0) is 0 Å². The average molecular weight is 247 g/mol. The van der Waals surface area contributed by atoms with Crippen molar-refractivity contribution in [2.45, 2.75) is 0 Å². The molecule has 1 heterocycles. The summed E-state index contributed by atoms with van der Waals surface area (Å²) in [6.45, 7) is 0.0142. The van der Waals surface area contributed by atoms with E-state index in [1.165, 1.54) is 7.11 Å². The molecule has 0 aliphatic carbocycles. The monoisotopic (exact) mass is 246 g/mol. The smallest absolute Gasteiger partial charge is 0.352 e. The fraction of sp³-hybridized carbons (Fsp3) is 0.222. The summed E-state index contributed by atoms with van der Waals surface area (Å²) in [5.74, 6) is 1.23. The second-order valence-corrected chi connectivity index (χ2v) is 3.73. The van der Waals surface area contributed by atoms with Crippen molar-refractivity contribution in [2.24, 2.45) is 0 Å². The molecular weight excluding hydrogens is 240 g/mol. The first-order valence-corrected chi connectivity index (χ1v) is 4.97. The van der Waals surface area contributed by atoms with Crippen molar-refractivity contribution >= 4 is 28.9 Å². The number of carbonyl (C=O) groups is 1. The van der Waals surface area contributed by atoms with Gasteiger partial charge in [-0.25, -0.2) is 4.79 Å². The Kier molecular flexibility index (Phi) is 3.83. The number of halogens is 1. The average Bonchev–Trinajstić information content (AvgIpc) is 2.53. The van der Waals surface area contributed by atoms with E-state index < -0.39 is 5.97 Å². The fourth-order valence-electron chi connectivity index (χ4n) is 0.813. The Morgan fingerprint density at radius 1 is 1.73 bits per heavy atom. The summed E-state index contributed by atoms with van der Waals surface area (Å²) in [5.41, 5.74) is 0. The van der Waals surface area contributed by atoms with Crippen LogP contribution in [-0.2, 0) is 4.74 Å². The maximum atomic E-state index is 11.1. The van der Waals surface area contributed by atoms with Crippen LogP contribution in [0.1, 0.15) is 9.67 Å². The van der Waals surface area contributed by atoms with Gasteiger partial charge in [0.25, 0.3) is 0 Å². The molecule has 0 amide bonds. The van der Waals surface area contributed by atoms with E-state index in [2.05, 4.69) is 10.7 Å². The van der Waals surface area contributed by atoms with Crippen molar-refractivity contribution in [3.8, 4) is 23.2 Å². The van der Waals surface area contributed by atoms with Crippen molar-refractivity contribution in [1.82, 2.24) is 0 Å². The van der Waals surface area contributed by atoms with Crippen LogP contribution in [-0.4, -0.2) is 24.8 Å². The standard InChI is InChI=1S/C9H7ClO4S/c1-3-4-14-9-5(10)6(11)7(15-9)8(12)13-2/h1,11H,4H2,2H3. The molecule has 0 atom stereocenters. The molecule has 0 saturated carbocycles. The molecule has 0 saturated heterocycles. The summed E-state index contributed by atoms with van der Waals surface area (Å²) in [4.78, 5) is 11.1. The first-order chi connectivity index (χ1) is 7.11. The third-order valence-corrected chi connectivity index (χ3v) is 2.99. The van der Waals surface area contributed by atoms with Crippen LogP contribution >= 0.6 is 22.9 Å². The first-order valence-electron chi connectivity index (χ1n) is 3.77. The van der Waals surface area contributed by atoms with E-state index in [9.17, 15) is 9.90 Å². The summed E-state index contributed by atoms with van der Waals surface area (Å²) >= 11 is 6.59. The van der Waals surface area contributed by atoms with Crippen LogP contribution < -0.4 is 4.74 Å². The van der Waals surface area contributed by atoms with Crippen molar-refractivity contribution in [3.05, 3.63) is 9.90 Å². The molecule has 15 heavy (non-hydrogen) atoms. The SMILES string of the molecule is C#CCOc1sc(C(=O)OC)c(O)c1Cl. The second-order valence-electron chi connectivity index (χ2n) is 2.37. The summed E-state index contributed by atoms with van der Waals surface area (Å²) in [5, 5.41) is 9.63. The van der Waals surface area contributed by atoms with Gasteiger partial charge in [0.05, 0.1) is 7.11 Å². The molecule has 0 fully saturated rings. The number of esters is 1. The quantitative estimate of drug-likeness (QED) is 0.654. The topological polar surface area (TPSA) is 55.8 Å². The molecule has 0 aliphatic rings. The highest BCUT2D eigenvalue weighted by molar-refractivity contribution is 7.16. The highest BCUT2D eigenvalue weighted by Gasteiger charge is 2.22. The van der Waals surface area contributed by atoms with E-state index in [-0.39, 0.29) is 27.3 Å². The molecule has 80 valence electrons. The van der Waals surface area contributed by atoms with Gasteiger partial charge < -0.3 is 14.6 Å². The van der Waals surface area contributed by atoms with E-state index in [1.807, 2.05) is 0 Å². The summed E-state index contributed by atoms with van der Waals surface area (Å²) in [6.07, 6.45) is 4.99. The molecule has 1 aromatic rings. The number of hydrogen-bond donors (Lipinski definition) is 1. The van der Waals surface area contributed by atoms with Gasteiger partial charge >= 0.3 is 5.97 Å². The van der Waals surface area contributed by atoms with E-state index >= 15 is 0 Å². The van der Waals surface area contributed by atoms with Crippen LogP contribution in [0.3, 0.4) is 0 Å². The van der Waals surface area contributed by atoms with Gasteiger partial charge in [-0.2, -0.15) is 0 Å². The predicted octanol–water partition coefficient (Wildman–Crippen LogP) is 1.91. The Labute approximate surface area is 95.4 Å². The third-order valence-electron chi connectivity index (χ3n) is 1.45. The highest BCUT2D eigenvalue weighted by atomic mass is 35.5. The Balaban J connectivity index is 3.02. The zero-order chi connectivity index (χ0) is 11.4. The van der Waals surface area contributed by atoms with Crippen LogP contribution in [0.25, 0.3) is 0 Å². The number of carbonyl (C=O) groups excluding carboxylic acids is 1. The Morgan fingerprint density at radius 3 is 2.93 bits per heavy atom. The second kappa shape index (κ2) is 4.91. The molecule has 1 N–H and O–H groups in total. The van der Waals surface area contributed by atoms with Gasteiger partial charge in [-0.1, -0.05) is 28.9 Å². The lowest BCUT2D eigenvalue weighted by molar-refractivity contribution is 0.0603. The molecule has 0 radical (unpaired) electrons. The molecular formula is C9H7ClO4S. The Morgan fingerprint density at radius 2 is 2.40 bits per heavy atom. The van der Waals surface area contributed by atoms with Crippen LogP contribution in [0.5, 0.6) is 10.8 Å². The third kappa shape index (κ3) is 2.35. The predicted molar refractivity (Wildman–Crippen MR) is 56.7 cm³/mol. The van der Waals surface area contributed by atoms with Gasteiger partial charge in [-0.15, -0.1) is 6.42 Å². The normalized spacial score (nSPS) is 9.40. The zero-order valence-electron chi connectivity index (χ0n) is 7.74. The van der Waals surface area contributed by atoms with E-state index in [0.29, 0.717) is 0 Å². The number of terminal acetylenes is 1. The maximum absolute atomic E-state index is 11.1. The molecule has 0 aliphatic heterocycles. The molecule has 1 rings (SSSR count). The fourth-order valence-corrected chi connectivity index (χ4v) is 1.99. The minimum absolute atomic E-state index is 0.00507. The molecule has 4 nitrogen and oxygen atoms in total. The molecule has 0 spiro atoms. The molecule has 0 aromatic carbocycles. The van der Waals surface area contributed by atoms with Gasteiger partial charge in [-0.3, -0.25) is 0 Å². The van der Waals surface area contributed by atoms with Crippen LogP contribution in [0, 0.1) is 12.3 Å².